The number of carbonyl (C=O) groups is 1. The first kappa shape index (κ1) is 13.8. The quantitative estimate of drug-likeness (QED) is 0.919. The van der Waals surface area contributed by atoms with Crippen LogP contribution in [-0.2, 0) is 0 Å². The van der Waals surface area contributed by atoms with Crippen LogP contribution in [0.5, 0.6) is 0 Å². The first-order chi connectivity index (χ1) is 10.1. The van der Waals surface area contributed by atoms with E-state index < -0.39 is 5.97 Å². The van der Waals surface area contributed by atoms with Crippen LogP contribution in [0.4, 0.5) is 5.82 Å². The monoisotopic (exact) mass is 285 g/mol. The molecule has 1 aromatic carbocycles. The third kappa shape index (κ3) is 2.55. The Bertz CT molecular complexity index is 686. The fourth-order valence-electron chi connectivity index (χ4n) is 2.85. The van der Waals surface area contributed by atoms with Crippen LogP contribution in [0.2, 0.25) is 0 Å². The molecule has 5 nitrogen and oxygen atoms in total. The molecule has 0 bridgehead atoms. The third-order valence-corrected chi connectivity index (χ3v) is 4.41. The summed E-state index contributed by atoms with van der Waals surface area (Å²) in [4.78, 5) is 21.9. The molecule has 3 rings (SSSR count). The number of hydrogen-bond donors (Lipinski definition) is 1. The number of aromatic nitrogens is 2. The lowest BCUT2D eigenvalue weighted by Gasteiger charge is -2.36. The van der Waals surface area contributed by atoms with Gasteiger partial charge in [-0.05, 0) is 30.4 Å². The number of piperidine rings is 1. The Morgan fingerprint density at radius 3 is 2.71 bits per heavy atom. The Morgan fingerprint density at radius 2 is 2.00 bits per heavy atom. The van der Waals surface area contributed by atoms with Crippen LogP contribution in [0, 0.1) is 11.8 Å². The van der Waals surface area contributed by atoms with Gasteiger partial charge in [0.2, 0.25) is 5.82 Å². The molecular weight excluding hydrogens is 266 g/mol. The van der Waals surface area contributed by atoms with Crippen molar-refractivity contribution in [2.75, 3.05) is 18.0 Å². The highest BCUT2D eigenvalue weighted by molar-refractivity contribution is 5.93. The minimum Gasteiger partial charge on any atom is -0.475 e. The van der Waals surface area contributed by atoms with Crippen molar-refractivity contribution in [2.45, 2.75) is 20.3 Å². The lowest BCUT2D eigenvalue weighted by atomic mass is 9.88. The second-order valence-corrected chi connectivity index (χ2v) is 5.88. The summed E-state index contributed by atoms with van der Waals surface area (Å²) in [7, 11) is 0. The van der Waals surface area contributed by atoms with Crippen molar-refractivity contribution in [1.82, 2.24) is 9.97 Å². The number of para-hydroxylation sites is 1. The first-order valence-corrected chi connectivity index (χ1v) is 7.31. The van der Waals surface area contributed by atoms with Crippen LogP contribution >= 0.6 is 0 Å². The van der Waals surface area contributed by atoms with E-state index >= 15 is 0 Å². The molecule has 21 heavy (non-hydrogen) atoms. The molecule has 1 saturated heterocycles. The third-order valence-electron chi connectivity index (χ3n) is 4.41. The van der Waals surface area contributed by atoms with Crippen LogP contribution in [0.3, 0.4) is 0 Å². The summed E-state index contributed by atoms with van der Waals surface area (Å²) >= 11 is 0. The molecule has 1 aromatic heterocycles. The number of fused-ring (bicyclic) bond motifs is 1. The number of benzene rings is 1. The van der Waals surface area contributed by atoms with E-state index in [2.05, 4.69) is 28.7 Å². The maximum absolute atomic E-state index is 11.3. The van der Waals surface area contributed by atoms with Gasteiger partial charge in [0, 0.05) is 18.5 Å². The Morgan fingerprint density at radius 1 is 1.24 bits per heavy atom. The predicted octanol–water partition coefficient (Wildman–Crippen LogP) is 2.81. The summed E-state index contributed by atoms with van der Waals surface area (Å²) in [6.07, 6.45) is 1.10. The normalized spacial score (nSPS) is 22.5. The van der Waals surface area contributed by atoms with Gasteiger partial charge in [-0.15, -0.1) is 0 Å². The van der Waals surface area contributed by atoms with E-state index in [9.17, 15) is 9.90 Å². The van der Waals surface area contributed by atoms with E-state index in [1.807, 2.05) is 24.3 Å². The van der Waals surface area contributed by atoms with Gasteiger partial charge in [-0.2, -0.15) is 0 Å². The molecule has 0 aliphatic carbocycles. The average molecular weight is 285 g/mol. The van der Waals surface area contributed by atoms with Crippen molar-refractivity contribution in [3.63, 3.8) is 0 Å². The number of nitrogens with zero attached hydrogens (tertiary/aromatic N) is 3. The van der Waals surface area contributed by atoms with Gasteiger partial charge in [-0.1, -0.05) is 26.0 Å². The lowest BCUT2D eigenvalue weighted by molar-refractivity contribution is 0.0684. The van der Waals surface area contributed by atoms with Gasteiger partial charge in [0.25, 0.3) is 0 Å². The lowest BCUT2D eigenvalue weighted by Crippen LogP contribution is -2.39. The van der Waals surface area contributed by atoms with E-state index in [0.717, 1.165) is 30.7 Å². The minimum absolute atomic E-state index is 0.130. The van der Waals surface area contributed by atoms with Gasteiger partial charge in [-0.25, -0.2) is 14.8 Å². The number of anilines is 1. The first-order valence-electron chi connectivity index (χ1n) is 7.31. The largest absolute Gasteiger partial charge is 0.475 e. The van der Waals surface area contributed by atoms with E-state index in [-0.39, 0.29) is 5.82 Å². The van der Waals surface area contributed by atoms with E-state index in [4.69, 9.17) is 0 Å². The highest BCUT2D eigenvalue weighted by Crippen LogP contribution is 2.30. The number of aromatic carboxylic acids is 1. The highest BCUT2D eigenvalue weighted by atomic mass is 16.4. The number of rotatable bonds is 2. The van der Waals surface area contributed by atoms with Gasteiger partial charge in [0.05, 0.1) is 5.52 Å². The molecule has 110 valence electrons. The maximum atomic E-state index is 11.3. The predicted molar refractivity (Wildman–Crippen MR) is 81.7 cm³/mol. The van der Waals surface area contributed by atoms with Crippen LogP contribution in [0.1, 0.15) is 30.9 Å². The van der Waals surface area contributed by atoms with E-state index in [1.54, 1.807) is 0 Å². The zero-order valence-electron chi connectivity index (χ0n) is 12.3. The van der Waals surface area contributed by atoms with E-state index in [1.165, 1.54) is 0 Å². The van der Waals surface area contributed by atoms with Gasteiger partial charge in [-0.3, -0.25) is 0 Å². The molecule has 2 aromatic rings. The van der Waals surface area contributed by atoms with Crippen molar-refractivity contribution in [2.24, 2.45) is 11.8 Å². The molecule has 1 N–H and O–H groups in total. The molecule has 0 radical (unpaired) electrons. The standard InChI is InChI=1S/C16H19N3O2/c1-10-7-8-19(9-11(10)2)15-12-5-3-4-6-13(12)17-14(18-15)16(20)21/h3-6,10-11H,7-9H2,1-2H3,(H,20,21). The summed E-state index contributed by atoms with van der Waals surface area (Å²) in [5, 5.41) is 10.1. The van der Waals surface area contributed by atoms with Gasteiger partial charge in [0.15, 0.2) is 0 Å². The molecular formula is C16H19N3O2. The summed E-state index contributed by atoms with van der Waals surface area (Å²) in [5.74, 6) is 0.793. The highest BCUT2D eigenvalue weighted by Gasteiger charge is 2.25. The molecule has 5 heteroatoms. The average Bonchev–Trinajstić information content (AvgIpc) is 2.49. The van der Waals surface area contributed by atoms with E-state index in [0.29, 0.717) is 17.4 Å². The van der Waals surface area contributed by atoms with Crippen molar-refractivity contribution < 1.29 is 9.90 Å². The summed E-state index contributed by atoms with van der Waals surface area (Å²) in [6, 6.07) is 7.60. The Hall–Kier alpha value is -2.17. The van der Waals surface area contributed by atoms with Crippen LogP contribution in [-0.4, -0.2) is 34.1 Å². The van der Waals surface area contributed by atoms with Crippen LogP contribution in [0.25, 0.3) is 10.9 Å². The van der Waals surface area contributed by atoms with Crippen molar-refractivity contribution in [3.05, 3.63) is 30.1 Å². The molecule has 2 heterocycles. The molecule has 0 spiro atoms. The fraction of sp³-hybridized carbons (Fsp3) is 0.438. The molecule has 2 atom stereocenters. The molecule has 0 saturated carbocycles. The Kier molecular flexibility index (Phi) is 3.49. The molecule has 0 amide bonds. The maximum Gasteiger partial charge on any atom is 0.374 e. The van der Waals surface area contributed by atoms with Crippen molar-refractivity contribution in [3.8, 4) is 0 Å². The second-order valence-electron chi connectivity index (χ2n) is 5.88. The topological polar surface area (TPSA) is 66.3 Å². The Balaban J connectivity index is 2.10. The fourth-order valence-corrected chi connectivity index (χ4v) is 2.85. The van der Waals surface area contributed by atoms with Crippen LogP contribution in [0.15, 0.2) is 24.3 Å². The van der Waals surface area contributed by atoms with Gasteiger partial charge >= 0.3 is 5.97 Å². The summed E-state index contributed by atoms with van der Waals surface area (Å²) in [5.41, 5.74) is 0.686. The number of carboxylic acid groups (broad SMARTS) is 1. The van der Waals surface area contributed by atoms with Crippen molar-refractivity contribution in [1.29, 1.82) is 0 Å². The molecule has 1 aliphatic heterocycles. The van der Waals surface area contributed by atoms with Gasteiger partial charge < -0.3 is 10.0 Å². The molecule has 2 unspecified atom stereocenters. The van der Waals surface area contributed by atoms with Crippen molar-refractivity contribution >= 4 is 22.7 Å². The van der Waals surface area contributed by atoms with Gasteiger partial charge in [0.1, 0.15) is 5.82 Å². The Labute approximate surface area is 123 Å². The zero-order valence-corrected chi connectivity index (χ0v) is 12.3. The number of carboxylic acids is 1. The summed E-state index contributed by atoms with van der Waals surface area (Å²) < 4.78 is 0. The smallest absolute Gasteiger partial charge is 0.374 e. The second kappa shape index (κ2) is 5.31. The molecule has 1 fully saturated rings. The SMILES string of the molecule is CC1CCN(c2nc(C(=O)O)nc3ccccc23)CC1C. The minimum atomic E-state index is -1.08. The van der Waals surface area contributed by atoms with Crippen LogP contribution < -0.4 is 4.90 Å². The molecule has 1 aliphatic rings. The zero-order chi connectivity index (χ0) is 15.0. The number of hydrogen-bond acceptors (Lipinski definition) is 4. The summed E-state index contributed by atoms with van der Waals surface area (Å²) in [6.45, 7) is 6.31.